The van der Waals surface area contributed by atoms with Crippen molar-refractivity contribution in [2.45, 2.75) is 6.54 Å². The molecular formula is C13H11N5O3. The average molecular weight is 285 g/mol. The minimum atomic E-state index is -0.631. The zero-order valence-corrected chi connectivity index (χ0v) is 10.8. The van der Waals surface area contributed by atoms with Crippen LogP contribution in [-0.4, -0.2) is 25.4 Å². The van der Waals surface area contributed by atoms with Crippen LogP contribution in [0.4, 0.5) is 5.95 Å². The second kappa shape index (κ2) is 5.08. The van der Waals surface area contributed by atoms with Crippen molar-refractivity contribution in [1.82, 2.24) is 19.5 Å². The van der Waals surface area contributed by atoms with Crippen LogP contribution in [0.2, 0.25) is 0 Å². The van der Waals surface area contributed by atoms with Crippen LogP contribution in [0.1, 0.15) is 0 Å². The molecule has 0 saturated heterocycles. The molecule has 0 spiro atoms. The summed E-state index contributed by atoms with van der Waals surface area (Å²) in [4.78, 5) is 45.1. The molecule has 0 aliphatic rings. The summed E-state index contributed by atoms with van der Waals surface area (Å²) in [5, 5.41) is 2.80. The highest BCUT2D eigenvalue weighted by Gasteiger charge is 2.11. The van der Waals surface area contributed by atoms with Crippen LogP contribution >= 0.6 is 0 Å². The molecule has 2 heterocycles. The van der Waals surface area contributed by atoms with Gasteiger partial charge in [0.15, 0.2) is 0 Å². The molecule has 2 aromatic heterocycles. The first-order valence-corrected chi connectivity index (χ1v) is 6.16. The van der Waals surface area contributed by atoms with Gasteiger partial charge in [-0.25, -0.2) is 9.78 Å². The van der Waals surface area contributed by atoms with Gasteiger partial charge in [0.25, 0.3) is 5.56 Å². The minimum Gasteiger partial charge on any atom is -0.331 e. The van der Waals surface area contributed by atoms with Crippen molar-refractivity contribution in [2.24, 2.45) is 0 Å². The van der Waals surface area contributed by atoms with Crippen molar-refractivity contribution in [3.8, 4) is 0 Å². The molecule has 0 aliphatic heterocycles. The minimum absolute atomic E-state index is 0.255. The van der Waals surface area contributed by atoms with Crippen LogP contribution in [0.15, 0.2) is 46.2 Å². The molecule has 21 heavy (non-hydrogen) atoms. The molecule has 3 rings (SSSR count). The fourth-order valence-electron chi connectivity index (χ4n) is 1.99. The number of nitrogens with one attached hydrogen (secondary N) is 3. The Balaban J connectivity index is 1.95. The number of rotatable bonds is 3. The number of aromatic nitrogens is 4. The van der Waals surface area contributed by atoms with E-state index >= 15 is 0 Å². The second-order valence-electron chi connectivity index (χ2n) is 4.35. The van der Waals surface area contributed by atoms with Gasteiger partial charge in [-0.2, -0.15) is 0 Å². The Morgan fingerprint density at radius 2 is 2.10 bits per heavy atom. The summed E-state index contributed by atoms with van der Waals surface area (Å²) in [5.41, 5.74) is -0.701. The number of imidazole rings is 1. The Morgan fingerprint density at radius 3 is 2.86 bits per heavy atom. The van der Waals surface area contributed by atoms with Crippen molar-refractivity contribution in [3.05, 3.63) is 57.5 Å². The molecule has 0 aliphatic carbocycles. The number of nitrogens with zero attached hydrogens (tertiary/aromatic N) is 2. The zero-order chi connectivity index (χ0) is 14.8. The summed E-state index contributed by atoms with van der Waals surface area (Å²) in [6.07, 6.45) is 3.02. The van der Waals surface area contributed by atoms with Crippen LogP contribution in [0.25, 0.3) is 10.9 Å². The highest BCUT2D eigenvalue weighted by atomic mass is 16.2. The van der Waals surface area contributed by atoms with Gasteiger partial charge in [-0.05, 0) is 12.1 Å². The summed E-state index contributed by atoms with van der Waals surface area (Å²) < 4.78 is 0.848. The molecule has 0 bridgehead atoms. The summed E-state index contributed by atoms with van der Waals surface area (Å²) in [5.74, 6) is -0.266. The molecule has 0 saturated carbocycles. The molecule has 1 aromatic carbocycles. The Hall–Kier alpha value is -3.16. The number of aromatic amines is 2. The predicted molar refractivity (Wildman–Crippen MR) is 76.0 cm³/mol. The summed E-state index contributed by atoms with van der Waals surface area (Å²) >= 11 is 0. The third-order valence-corrected chi connectivity index (χ3v) is 2.95. The van der Waals surface area contributed by atoms with Crippen molar-refractivity contribution >= 4 is 22.8 Å². The first kappa shape index (κ1) is 12.9. The monoisotopic (exact) mass is 285 g/mol. The summed E-state index contributed by atoms with van der Waals surface area (Å²) in [7, 11) is 0. The number of hydrogen-bond donors (Lipinski definition) is 3. The van der Waals surface area contributed by atoms with Gasteiger partial charge in [-0.15, -0.1) is 0 Å². The normalized spacial score (nSPS) is 10.7. The third kappa shape index (κ3) is 2.46. The lowest BCUT2D eigenvalue weighted by Gasteiger charge is -2.06. The standard InChI is InChI=1S/C13H11N5O3/c19-10(17-12-14-5-6-15-12)7-18-11(20)8-3-1-2-4-9(8)16-13(18)21/h1-6H,7H2,(H,16,21)(H2,14,15,17,19). The Labute approximate surface area is 117 Å². The van der Waals surface area contributed by atoms with Crippen molar-refractivity contribution < 1.29 is 4.79 Å². The molecule has 0 unspecified atom stereocenters. The lowest BCUT2D eigenvalue weighted by atomic mass is 10.2. The van der Waals surface area contributed by atoms with Crippen molar-refractivity contribution in [3.63, 3.8) is 0 Å². The maximum absolute atomic E-state index is 12.2. The molecule has 1 amide bonds. The van der Waals surface area contributed by atoms with E-state index < -0.39 is 17.2 Å². The van der Waals surface area contributed by atoms with Crippen molar-refractivity contribution in [1.29, 1.82) is 0 Å². The highest BCUT2D eigenvalue weighted by molar-refractivity contribution is 5.89. The lowest BCUT2D eigenvalue weighted by Crippen LogP contribution is -2.38. The fourth-order valence-corrected chi connectivity index (χ4v) is 1.99. The summed E-state index contributed by atoms with van der Waals surface area (Å²) in [6, 6.07) is 6.63. The smallest absolute Gasteiger partial charge is 0.329 e. The molecule has 0 atom stereocenters. The van der Waals surface area contributed by atoms with Crippen LogP contribution in [-0.2, 0) is 11.3 Å². The third-order valence-electron chi connectivity index (χ3n) is 2.95. The van der Waals surface area contributed by atoms with E-state index in [-0.39, 0.29) is 12.5 Å². The van der Waals surface area contributed by atoms with E-state index in [4.69, 9.17) is 0 Å². The van der Waals surface area contributed by atoms with Crippen LogP contribution in [0, 0.1) is 0 Å². The van der Waals surface area contributed by atoms with E-state index in [2.05, 4.69) is 20.3 Å². The number of carbonyl (C=O) groups excluding carboxylic acids is 1. The first-order valence-electron chi connectivity index (χ1n) is 6.16. The van der Waals surface area contributed by atoms with Gasteiger partial charge in [-0.1, -0.05) is 12.1 Å². The van der Waals surface area contributed by atoms with E-state index in [0.29, 0.717) is 10.9 Å². The number of amides is 1. The molecule has 0 radical (unpaired) electrons. The maximum atomic E-state index is 12.2. The predicted octanol–water partition coefficient (Wildman–Crippen LogP) is 0.0516. The van der Waals surface area contributed by atoms with Gasteiger partial charge >= 0.3 is 5.69 Å². The Kier molecular flexibility index (Phi) is 3.11. The SMILES string of the molecule is O=C(Cn1c(=O)[nH]c2ccccc2c1=O)Nc1ncc[nH]1. The van der Waals surface area contributed by atoms with Gasteiger partial charge in [0.2, 0.25) is 11.9 Å². The molecular weight excluding hydrogens is 274 g/mol. The number of H-pyrrole nitrogens is 2. The van der Waals surface area contributed by atoms with Crippen LogP contribution in [0.5, 0.6) is 0 Å². The van der Waals surface area contributed by atoms with E-state index in [1.165, 1.54) is 6.20 Å². The number of para-hydroxylation sites is 1. The number of anilines is 1. The molecule has 0 fully saturated rings. The van der Waals surface area contributed by atoms with Gasteiger partial charge in [-0.3, -0.25) is 19.5 Å². The van der Waals surface area contributed by atoms with E-state index in [9.17, 15) is 14.4 Å². The van der Waals surface area contributed by atoms with Gasteiger partial charge in [0.1, 0.15) is 6.54 Å². The maximum Gasteiger partial charge on any atom is 0.329 e. The van der Waals surface area contributed by atoms with Gasteiger partial charge in [0.05, 0.1) is 10.9 Å². The van der Waals surface area contributed by atoms with Crippen LogP contribution < -0.4 is 16.6 Å². The van der Waals surface area contributed by atoms with Gasteiger partial charge < -0.3 is 9.97 Å². The quantitative estimate of drug-likeness (QED) is 0.631. The Bertz CT molecular complexity index is 907. The van der Waals surface area contributed by atoms with Crippen LogP contribution in [0.3, 0.4) is 0 Å². The highest BCUT2D eigenvalue weighted by Crippen LogP contribution is 2.03. The topological polar surface area (TPSA) is 113 Å². The summed E-state index contributed by atoms with van der Waals surface area (Å²) in [6.45, 7) is -0.389. The fraction of sp³-hybridized carbons (Fsp3) is 0.0769. The largest absolute Gasteiger partial charge is 0.331 e. The molecule has 3 N–H and O–H groups in total. The second-order valence-corrected chi connectivity index (χ2v) is 4.35. The molecule has 106 valence electrons. The lowest BCUT2D eigenvalue weighted by molar-refractivity contribution is -0.116. The average Bonchev–Trinajstić information content (AvgIpc) is 2.96. The molecule has 3 aromatic rings. The number of benzene rings is 1. The number of hydrogen-bond acceptors (Lipinski definition) is 4. The van der Waals surface area contributed by atoms with E-state index in [1.807, 2.05) is 0 Å². The first-order chi connectivity index (χ1) is 10.1. The van der Waals surface area contributed by atoms with E-state index in [0.717, 1.165) is 4.57 Å². The number of carbonyl (C=O) groups is 1. The zero-order valence-electron chi connectivity index (χ0n) is 10.8. The van der Waals surface area contributed by atoms with E-state index in [1.54, 1.807) is 30.5 Å². The molecule has 8 heteroatoms. The number of fused-ring (bicyclic) bond motifs is 1. The molecule has 8 nitrogen and oxygen atoms in total. The van der Waals surface area contributed by atoms with Crippen molar-refractivity contribution in [2.75, 3.05) is 5.32 Å². The Morgan fingerprint density at radius 1 is 1.29 bits per heavy atom. The van der Waals surface area contributed by atoms with Gasteiger partial charge in [0, 0.05) is 12.4 Å².